The molecule has 4 amide bonds. The second-order valence-corrected chi connectivity index (χ2v) is 21.0. The number of carbonyl (C=O) groups is 4. The molecule has 11 nitrogen and oxygen atoms in total. The van der Waals surface area contributed by atoms with Gasteiger partial charge in [0.1, 0.15) is 11.4 Å². The number of aryl methyl sites for hydroxylation is 1. The van der Waals surface area contributed by atoms with Crippen molar-refractivity contribution in [2.45, 2.75) is 119 Å². The molecule has 5 aromatic rings. The Hall–Kier alpha value is -5.40. The summed E-state index contributed by atoms with van der Waals surface area (Å²) in [5.41, 5.74) is 6.18. The zero-order valence-electron chi connectivity index (χ0n) is 40.5. The van der Waals surface area contributed by atoms with Gasteiger partial charge >= 0.3 is 0 Å². The monoisotopic (exact) mass is 943 g/mol. The maximum absolute atomic E-state index is 15.2. The molecule has 4 aliphatic rings. The predicted molar refractivity (Wildman–Crippen MR) is 269 cm³/mol. The van der Waals surface area contributed by atoms with Crippen LogP contribution >= 0.6 is 22.7 Å². The van der Waals surface area contributed by atoms with Gasteiger partial charge in [0.15, 0.2) is 11.5 Å². The number of unbranched alkanes of at least 4 members (excludes halogenated alkanes) is 3. The molecule has 3 unspecified atom stereocenters. The molecule has 5 aromatic heterocycles. The molecule has 0 aliphatic carbocycles. The number of furan rings is 2. The first-order valence-electron chi connectivity index (χ1n) is 24.8. The summed E-state index contributed by atoms with van der Waals surface area (Å²) in [7, 11) is 3.77. The van der Waals surface area contributed by atoms with Crippen LogP contribution in [-0.2, 0) is 26.2 Å². The molecule has 9 rings (SSSR count). The number of thiophene rings is 2. The lowest BCUT2D eigenvalue weighted by molar-refractivity contribution is -0.124. The van der Waals surface area contributed by atoms with Gasteiger partial charge in [-0.1, -0.05) is 99.3 Å². The number of nitrogens with zero attached hydrogens (tertiary/aromatic N) is 5. The standard InChI is InChI=1S/C54H65N5O6S2/c1-9-15-20-32(12-4)29-57-46(38-24-19-26-65-38)42-44(54(57)63)48(59(53(42)62)31-34(14-6)22-17-11-3)40-28-36-50(67-40)49-35(55(36)7)27-39(66-49)47-43-41(45(56(8)51(43)60)37-23-18-25-64-37)52(61)58(47)30-33(13-5)21-16-10-2/h18-19,23-28,32-34H,9-17,20-22,29-31H2,1-8H3. The number of aromatic nitrogens is 1. The largest absolute Gasteiger partial charge is 0.463 e. The third-order valence-electron chi connectivity index (χ3n) is 14.8. The van der Waals surface area contributed by atoms with E-state index in [4.69, 9.17) is 8.83 Å². The molecule has 0 saturated heterocycles. The van der Waals surface area contributed by atoms with Crippen molar-refractivity contribution in [1.82, 2.24) is 24.2 Å². The van der Waals surface area contributed by atoms with E-state index in [1.54, 1.807) is 59.3 Å². The Kier molecular flexibility index (Phi) is 13.5. The van der Waals surface area contributed by atoms with E-state index in [9.17, 15) is 9.59 Å². The summed E-state index contributed by atoms with van der Waals surface area (Å²) in [5, 5.41) is 0. The van der Waals surface area contributed by atoms with Crippen LogP contribution in [0.2, 0.25) is 0 Å². The van der Waals surface area contributed by atoms with Gasteiger partial charge in [0.05, 0.1) is 76.4 Å². The maximum Gasteiger partial charge on any atom is 0.261 e. The minimum Gasteiger partial charge on any atom is -0.463 e. The molecule has 0 bridgehead atoms. The lowest BCUT2D eigenvalue weighted by Crippen LogP contribution is -2.34. The Bertz CT molecular complexity index is 2850. The summed E-state index contributed by atoms with van der Waals surface area (Å²) in [4.78, 5) is 68.4. The first-order valence-corrected chi connectivity index (χ1v) is 26.5. The van der Waals surface area contributed by atoms with Gasteiger partial charge in [0, 0.05) is 33.7 Å². The number of hydrogen-bond donors (Lipinski definition) is 0. The number of likely N-dealkylation sites (N-methyl/N-ethyl adjacent to an activating group) is 1. The third-order valence-corrected chi connectivity index (χ3v) is 17.2. The van der Waals surface area contributed by atoms with E-state index in [0.717, 1.165) is 107 Å². The summed E-state index contributed by atoms with van der Waals surface area (Å²) >= 11 is 3.21. The Labute approximate surface area is 402 Å². The Morgan fingerprint density at radius 2 is 0.881 bits per heavy atom. The fourth-order valence-corrected chi connectivity index (χ4v) is 13.4. The average Bonchev–Trinajstić information content (AvgIpc) is 4.21. The van der Waals surface area contributed by atoms with Crippen LogP contribution in [0, 0.1) is 17.8 Å². The van der Waals surface area contributed by atoms with Crippen LogP contribution in [0.4, 0.5) is 0 Å². The van der Waals surface area contributed by atoms with Crippen molar-refractivity contribution in [2.24, 2.45) is 24.8 Å². The fraction of sp³-hybridized carbons (Fsp3) is 0.481. The first-order chi connectivity index (χ1) is 32.5. The topological polar surface area (TPSA) is 112 Å². The van der Waals surface area contributed by atoms with Crippen LogP contribution in [0.5, 0.6) is 0 Å². The molecule has 0 aromatic carbocycles. The molecule has 9 heterocycles. The van der Waals surface area contributed by atoms with E-state index in [0.29, 0.717) is 76.2 Å². The molecular weight excluding hydrogens is 879 g/mol. The Morgan fingerprint density at radius 3 is 1.27 bits per heavy atom. The van der Waals surface area contributed by atoms with Crippen LogP contribution in [0.1, 0.15) is 140 Å². The molecule has 0 N–H and O–H groups in total. The molecule has 67 heavy (non-hydrogen) atoms. The molecule has 0 fully saturated rings. The molecule has 0 saturated carbocycles. The normalized spacial score (nSPS) is 18.0. The SMILES string of the molecule is CCCCC(CC)CN1C(=O)C2=C(c3cc4c(s3)c3sc(C5=C6C(=O)N(C)C(c7ccco7)=C6C(=O)N5CC(CC)CCCC)cc3n4C)N(CC(CC)CCCC)C(=O)C2=C1c1ccco1. The minimum absolute atomic E-state index is 0.141. The fourth-order valence-electron chi connectivity index (χ4n) is 10.7. The number of fused-ring (bicyclic) bond motifs is 5. The van der Waals surface area contributed by atoms with Crippen molar-refractivity contribution in [3.05, 3.63) is 92.5 Å². The van der Waals surface area contributed by atoms with Gasteiger partial charge in [-0.15, -0.1) is 22.7 Å². The quantitative estimate of drug-likeness (QED) is 0.0683. The van der Waals surface area contributed by atoms with Gasteiger partial charge in [-0.05, 0) is 73.4 Å². The van der Waals surface area contributed by atoms with Gasteiger partial charge in [-0.25, -0.2) is 0 Å². The second-order valence-electron chi connectivity index (χ2n) is 18.9. The number of hydrogen-bond acceptors (Lipinski definition) is 8. The van der Waals surface area contributed by atoms with Crippen molar-refractivity contribution in [2.75, 3.05) is 26.7 Å². The zero-order valence-corrected chi connectivity index (χ0v) is 42.1. The summed E-state index contributed by atoms with van der Waals surface area (Å²) in [6.45, 7) is 14.7. The van der Waals surface area contributed by atoms with Crippen molar-refractivity contribution in [3.8, 4) is 0 Å². The smallest absolute Gasteiger partial charge is 0.261 e. The van der Waals surface area contributed by atoms with Crippen molar-refractivity contribution in [3.63, 3.8) is 0 Å². The molecule has 354 valence electrons. The summed E-state index contributed by atoms with van der Waals surface area (Å²) in [6.07, 6.45) is 15.4. The van der Waals surface area contributed by atoms with E-state index in [1.807, 2.05) is 26.8 Å². The Balaban J connectivity index is 1.20. The van der Waals surface area contributed by atoms with E-state index >= 15 is 9.59 Å². The highest BCUT2D eigenvalue weighted by atomic mass is 32.1. The van der Waals surface area contributed by atoms with E-state index in [1.165, 1.54) is 0 Å². The Morgan fingerprint density at radius 1 is 0.507 bits per heavy atom. The molecular formula is C54H65N5O6S2. The van der Waals surface area contributed by atoms with E-state index in [-0.39, 0.29) is 41.4 Å². The van der Waals surface area contributed by atoms with Crippen molar-refractivity contribution in [1.29, 1.82) is 0 Å². The average molecular weight is 944 g/mol. The molecule has 4 aliphatic heterocycles. The summed E-state index contributed by atoms with van der Waals surface area (Å²) < 4.78 is 16.1. The maximum atomic E-state index is 15.2. The van der Waals surface area contributed by atoms with Gasteiger partial charge in [0.2, 0.25) is 0 Å². The highest BCUT2D eigenvalue weighted by Crippen LogP contribution is 2.53. The van der Waals surface area contributed by atoms with Gasteiger partial charge in [-0.3, -0.25) is 19.2 Å². The highest BCUT2D eigenvalue weighted by Gasteiger charge is 2.52. The molecule has 3 atom stereocenters. The molecule has 13 heteroatoms. The first kappa shape index (κ1) is 46.7. The number of rotatable bonds is 22. The van der Waals surface area contributed by atoms with Gasteiger partial charge in [-0.2, -0.15) is 0 Å². The minimum atomic E-state index is -0.220. The second kappa shape index (κ2) is 19.3. The predicted octanol–water partition coefficient (Wildman–Crippen LogP) is 12.5. The van der Waals surface area contributed by atoms with E-state index < -0.39 is 0 Å². The van der Waals surface area contributed by atoms with Gasteiger partial charge < -0.3 is 33.0 Å². The lowest BCUT2D eigenvalue weighted by Gasteiger charge is -2.28. The van der Waals surface area contributed by atoms with Crippen LogP contribution in [0.25, 0.3) is 43.2 Å². The summed E-state index contributed by atoms with van der Waals surface area (Å²) in [6, 6.07) is 11.6. The van der Waals surface area contributed by atoms with Crippen LogP contribution in [0.15, 0.2) is 80.1 Å². The molecule has 0 spiro atoms. The zero-order chi connectivity index (χ0) is 47.3. The van der Waals surface area contributed by atoms with Crippen LogP contribution < -0.4 is 0 Å². The third kappa shape index (κ3) is 7.87. The van der Waals surface area contributed by atoms with Crippen LogP contribution in [0.3, 0.4) is 0 Å². The molecule has 0 radical (unpaired) electrons. The number of carbonyl (C=O) groups excluding carboxylic acids is 4. The van der Waals surface area contributed by atoms with E-state index in [2.05, 4.69) is 65.3 Å². The van der Waals surface area contributed by atoms with Crippen molar-refractivity contribution < 1.29 is 28.0 Å². The van der Waals surface area contributed by atoms with Crippen molar-refractivity contribution >= 4 is 89.5 Å². The van der Waals surface area contributed by atoms with Crippen LogP contribution in [-0.4, -0.2) is 74.5 Å². The lowest BCUT2D eigenvalue weighted by atomic mass is 9.98. The van der Waals surface area contributed by atoms with Gasteiger partial charge in [0.25, 0.3) is 23.6 Å². The number of amides is 4. The highest BCUT2D eigenvalue weighted by molar-refractivity contribution is 7.28. The summed E-state index contributed by atoms with van der Waals surface area (Å²) in [5.74, 6) is 1.17.